The third kappa shape index (κ3) is 2.69. The minimum atomic E-state index is -0.237. The van der Waals surface area contributed by atoms with Gasteiger partial charge in [-0.2, -0.15) is 0 Å². The minimum Gasteiger partial charge on any atom is -0.312 e. The number of hydrogen-bond donors (Lipinski definition) is 1. The van der Waals surface area contributed by atoms with Crippen LogP contribution >= 0.6 is 0 Å². The summed E-state index contributed by atoms with van der Waals surface area (Å²) in [7, 11) is 0. The van der Waals surface area contributed by atoms with Gasteiger partial charge in [0.05, 0.1) is 11.4 Å². The van der Waals surface area contributed by atoms with Gasteiger partial charge in [0.15, 0.2) is 5.82 Å². The highest BCUT2D eigenvalue weighted by Gasteiger charge is 2.19. The molecule has 0 amide bonds. The number of fused-ring (bicyclic) bond motifs is 1. The summed E-state index contributed by atoms with van der Waals surface area (Å²) in [5, 5.41) is 3.38. The van der Waals surface area contributed by atoms with Crippen molar-refractivity contribution in [3.63, 3.8) is 0 Å². The van der Waals surface area contributed by atoms with E-state index >= 15 is 0 Å². The number of nitrogens with one attached hydrogen (secondary N) is 1. The Morgan fingerprint density at radius 3 is 2.58 bits per heavy atom. The van der Waals surface area contributed by atoms with Crippen LogP contribution < -0.4 is 5.32 Å². The first-order valence-electron chi connectivity index (χ1n) is 8.15. The smallest absolute Gasteiger partial charge is 0.160 e. The summed E-state index contributed by atoms with van der Waals surface area (Å²) in [4.78, 5) is 9.67. The van der Waals surface area contributed by atoms with E-state index in [9.17, 15) is 4.39 Å². The van der Waals surface area contributed by atoms with Crippen LogP contribution in [0, 0.1) is 12.7 Å². The molecule has 1 aliphatic rings. The van der Waals surface area contributed by atoms with Crippen LogP contribution in [0.5, 0.6) is 0 Å². The average Bonchev–Trinajstić information content (AvgIpc) is 2.62. The summed E-state index contributed by atoms with van der Waals surface area (Å²) >= 11 is 0. The SMILES string of the molecule is Cc1ccccc1-c1nc2c(c(-c3ccc(F)cc3)n1)CNCC2. The van der Waals surface area contributed by atoms with Crippen LogP contribution in [0.1, 0.15) is 16.8 Å². The number of aryl methyl sites for hydroxylation is 1. The van der Waals surface area contributed by atoms with Gasteiger partial charge in [0.1, 0.15) is 5.82 Å². The topological polar surface area (TPSA) is 37.8 Å². The molecule has 0 fully saturated rings. The minimum absolute atomic E-state index is 0.237. The molecule has 1 aromatic heterocycles. The normalized spacial score (nSPS) is 13.6. The average molecular weight is 319 g/mol. The van der Waals surface area contributed by atoms with Gasteiger partial charge in [-0.3, -0.25) is 0 Å². The molecular formula is C20H18FN3. The molecule has 0 aliphatic carbocycles. The van der Waals surface area contributed by atoms with Gasteiger partial charge >= 0.3 is 0 Å². The van der Waals surface area contributed by atoms with E-state index in [1.54, 1.807) is 12.1 Å². The lowest BCUT2D eigenvalue weighted by molar-refractivity contribution is 0.626. The number of benzene rings is 2. The number of rotatable bonds is 2. The summed E-state index contributed by atoms with van der Waals surface area (Å²) in [5.41, 5.74) is 6.21. The zero-order chi connectivity index (χ0) is 16.5. The van der Waals surface area contributed by atoms with Crippen LogP contribution in [0.3, 0.4) is 0 Å². The Morgan fingerprint density at radius 1 is 1.00 bits per heavy atom. The Hall–Kier alpha value is -2.59. The van der Waals surface area contributed by atoms with Crippen LogP contribution in [0.25, 0.3) is 22.6 Å². The molecule has 3 aromatic rings. The third-order valence-electron chi connectivity index (χ3n) is 4.44. The Bertz CT molecular complexity index is 888. The number of hydrogen-bond acceptors (Lipinski definition) is 3. The van der Waals surface area contributed by atoms with Crippen LogP contribution in [0.4, 0.5) is 4.39 Å². The molecular weight excluding hydrogens is 301 g/mol. The van der Waals surface area contributed by atoms with Crippen molar-refractivity contribution in [1.29, 1.82) is 0 Å². The predicted molar refractivity (Wildman–Crippen MR) is 93.0 cm³/mol. The van der Waals surface area contributed by atoms with Crippen molar-refractivity contribution in [2.75, 3.05) is 6.54 Å². The number of aromatic nitrogens is 2. The molecule has 4 heteroatoms. The van der Waals surface area contributed by atoms with Crippen molar-refractivity contribution in [3.8, 4) is 22.6 Å². The Morgan fingerprint density at radius 2 is 1.79 bits per heavy atom. The van der Waals surface area contributed by atoms with Crippen LogP contribution in [0.2, 0.25) is 0 Å². The molecule has 120 valence electrons. The molecule has 24 heavy (non-hydrogen) atoms. The van der Waals surface area contributed by atoms with E-state index in [4.69, 9.17) is 9.97 Å². The van der Waals surface area contributed by atoms with Crippen molar-refractivity contribution >= 4 is 0 Å². The molecule has 1 aliphatic heterocycles. The van der Waals surface area contributed by atoms with Gasteiger partial charge < -0.3 is 5.32 Å². The largest absolute Gasteiger partial charge is 0.312 e. The maximum atomic E-state index is 13.3. The first-order valence-corrected chi connectivity index (χ1v) is 8.15. The monoisotopic (exact) mass is 319 g/mol. The Labute approximate surface area is 140 Å². The van der Waals surface area contributed by atoms with Crippen LogP contribution in [-0.4, -0.2) is 16.5 Å². The van der Waals surface area contributed by atoms with Crippen molar-refractivity contribution in [2.24, 2.45) is 0 Å². The second-order valence-corrected chi connectivity index (χ2v) is 6.07. The van der Waals surface area contributed by atoms with Gasteiger partial charge in [-0.25, -0.2) is 14.4 Å². The lowest BCUT2D eigenvalue weighted by Crippen LogP contribution is -2.26. The van der Waals surface area contributed by atoms with Gasteiger partial charge in [0.25, 0.3) is 0 Å². The molecule has 0 atom stereocenters. The maximum Gasteiger partial charge on any atom is 0.160 e. The molecule has 1 N–H and O–H groups in total. The molecule has 0 spiro atoms. The summed E-state index contributed by atoms with van der Waals surface area (Å²) in [6, 6.07) is 14.7. The first kappa shape index (κ1) is 15.0. The fourth-order valence-corrected chi connectivity index (χ4v) is 3.13. The summed E-state index contributed by atoms with van der Waals surface area (Å²) in [6.07, 6.45) is 0.880. The highest BCUT2D eigenvalue weighted by Crippen LogP contribution is 2.29. The fourth-order valence-electron chi connectivity index (χ4n) is 3.13. The highest BCUT2D eigenvalue weighted by atomic mass is 19.1. The highest BCUT2D eigenvalue weighted by molar-refractivity contribution is 5.69. The predicted octanol–water partition coefficient (Wildman–Crippen LogP) is 3.90. The lowest BCUT2D eigenvalue weighted by atomic mass is 9.99. The number of halogens is 1. The van der Waals surface area contributed by atoms with Crippen molar-refractivity contribution in [1.82, 2.24) is 15.3 Å². The molecule has 0 bridgehead atoms. The van der Waals surface area contributed by atoms with Gasteiger partial charge in [-0.1, -0.05) is 24.3 Å². The molecule has 2 heterocycles. The van der Waals surface area contributed by atoms with Gasteiger partial charge in [-0.05, 0) is 36.8 Å². The summed E-state index contributed by atoms with van der Waals surface area (Å²) in [6.45, 7) is 3.73. The van der Waals surface area contributed by atoms with E-state index in [1.807, 2.05) is 18.2 Å². The zero-order valence-electron chi connectivity index (χ0n) is 13.5. The Kier molecular flexibility index (Phi) is 3.82. The molecule has 0 saturated heterocycles. The molecule has 0 saturated carbocycles. The summed E-state index contributed by atoms with van der Waals surface area (Å²) in [5.74, 6) is 0.506. The van der Waals surface area contributed by atoms with Gasteiger partial charge in [-0.15, -0.1) is 0 Å². The molecule has 0 radical (unpaired) electrons. The van der Waals surface area contributed by atoms with E-state index in [1.165, 1.54) is 12.1 Å². The van der Waals surface area contributed by atoms with Crippen molar-refractivity contribution in [3.05, 3.63) is 71.2 Å². The van der Waals surface area contributed by atoms with E-state index in [2.05, 4.69) is 18.3 Å². The lowest BCUT2D eigenvalue weighted by Gasteiger charge is -2.20. The fraction of sp³-hybridized carbons (Fsp3) is 0.200. The molecule has 0 unspecified atom stereocenters. The Balaban J connectivity index is 1.93. The maximum absolute atomic E-state index is 13.3. The van der Waals surface area contributed by atoms with E-state index in [-0.39, 0.29) is 5.82 Å². The molecule has 3 nitrogen and oxygen atoms in total. The van der Waals surface area contributed by atoms with Crippen molar-refractivity contribution in [2.45, 2.75) is 19.9 Å². The quantitative estimate of drug-likeness (QED) is 0.778. The van der Waals surface area contributed by atoms with E-state index < -0.39 is 0 Å². The van der Waals surface area contributed by atoms with Crippen LogP contribution in [-0.2, 0) is 13.0 Å². The second kappa shape index (κ2) is 6.13. The summed E-state index contributed by atoms with van der Waals surface area (Å²) < 4.78 is 13.3. The third-order valence-corrected chi connectivity index (χ3v) is 4.44. The standard InChI is InChI=1S/C20H18FN3/c1-13-4-2-3-5-16(13)20-23-18-10-11-22-12-17(18)19(24-20)14-6-8-15(21)9-7-14/h2-9,22H,10-12H2,1H3. The van der Waals surface area contributed by atoms with E-state index in [0.29, 0.717) is 0 Å². The zero-order valence-corrected chi connectivity index (χ0v) is 13.5. The molecule has 2 aromatic carbocycles. The molecule has 4 rings (SSSR count). The van der Waals surface area contributed by atoms with Gasteiger partial charge in [0.2, 0.25) is 0 Å². The van der Waals surface area contributed by atoms with E-state index in [0.717, 1.165) is 59.0 Å². The van der Waals surface area contributed by atoms with Crippen molar-refractivity contribution < 1.29 is 4.39 Å². The van der Waals surface area contributed by atoms with Gasteiger partial charge in [0, 0.05) is 36.2 Å². The number of nitrogens with zero attached hydrogens (tertiary/aromatic N) is 2. The van der Waals surface area contributed by atoms with Crippen LogP contribution in [0.15, 0.2) is 48.5 Å². The first-order chi connectivity index (χ1) is 11.7. The second-order valence-electron chi connectivity index (χ2n) is 6.07.